The van der Waals surface area contributed by atoms with E-state index in [0.29, 0.717) is 5.13 Å². The van der Waals surface area contributed by atoms with Gasteiger partial charge in [-0.05, 0) is 38.0 Å². The van der Waals surface area contributed by atoms with E-state index in [1.165, 1.54) is 16.2 Å². The Hall–Kier alpha value is -2.09. The number of nitrogens with zero attached hydrogens (tertiary/aromatic N) is 3. The highest BCUT2D eigenvalue weighted by atomic mass is 32.1. The number of anilines is 1. The van der Waals surface area contributed by atoms with Crippen molar-refractivity contribution in [3.05, 3.63) is 17.2 Å². The molecule has 2 heterocycles. The molecule has 5 atom stereocenters. The van der Waals surface area contributed by atoms with Gasteiger partial charge in [0.05, 0.1) is 11.8 Å². The second kappa shape index (κ2) is 6.01. The number of nitrogens with one attached hydrogen (secondary N) is 1. The van der Waals surface area contributed by atoms with Gasteiger partial charge in [0, 0.05) is 0 Å². The molecule has 1 aromatic rings. The third-order valence-corrected chi connectivity index (χ3v) is 6.54. The maximum Gasteiger partial charge on any atom is 0.249 e. The van der Waals surface area contributed by atoms with Gasteiger partial charge < -0.3 is 0 Å². The standard InChI is InChI=1S/C17H20N4O3S/c1-3-11-19-20-17(25-11)18-14(22)8(2)21-15(23)12-9-4-5-10(7-6-9)13(12)16(21)24/h4-5,8-10,12-13H,3,6-7H2,1-2H3,(H,18,20,22)/t8-,9-,10-,12-,13-/m0/s1. The van der Waals surface area contributed by atoms with Crippen molar-refractivity contribution in [2.24, 2.45) is 23.7 Å². The molecule has 2 fully saturated rings. The summed E-state index contributed by atoms with van der Waals surface area (Å²) < 4.78 is 0. The molecule has 1 aliphatic heterocycles. The molecule has 0 spiro atoms. The fourth-order valence-corrected chi connectivity index (χ4v) is 4.94. The first-order chi connectivity index (χ1) is 12.0. The minimum absolute atomic E-state index is 0.127. The number of imide groups is 1. The van der Waals surface area contributed by atoms with Crippen LogP contribution in [0.1, 0.15) is 31.7 Å². The van der Waals surface area contributed by atoms with Crippen LogP contribution in [0.3, 0.4) is 0 Å². The van der Waals surface area contributed by atoms with Crippen molar-refractivity contribution in [2.75, 3.05) is 5.32 Å². The molecule has 3 aliphatic carbocycles. The van der Waals surface area contributed by atoms with E-state index in [1.54, 1.807) is 6.92 Å². The Bertz CT molecular complexity index is 742. The van der Waals surface area contributed by atoms with Crippen molar-refractivity contribution in [1.82, 2.24) is 15.1 Å². The summed E-state index contributed by atoms with van der Waals surface area (Å²) in [5.41, 5.74) is 0. The Morgan fingerprint density at radius 3 is 2.32 bits per heavy atom. The molecule has 0 radical (unpaired) electrons. The number of rotatable bonds is 4. The summed E-state index contributed by atoms with van der Waals surface area (Å²) in [6.07, 6.45) is 6.77. The summed E-state index contributed by atoms with van der Waals surface area (Å²) in [6.45, 7) is 3.56. The number of likely N-dealkylation sites (tertiary alicyclic amines) is 1. The quantitative estimate of drug-likeness (QED) is 0.651. The van der Waals surface area contributed by atoms with E-state index in [2.05, 4.69) is 27.7 Å². The zero-order valence-electron chi connectivity index (χ0n) is 14.1. The molecule has 7 nitrogen and oxygen atoms in total. The fourth-order valence-electron chi connectivity index (χ4n) is 4.25. The summed E-state index contributed by atoms with van der Waals surface area (Å²) in [4.78, 5) is 39.4. The lowest BCUT2D eigenvalue weighted by Crippen LogP contribution is -2.46. The molecule has 0 aromatic carbocycles. The Kier molecular flexibility index (Phi) is 3.94. The predicted octanol–water partition coefficient (Wildman–Crippen LogP) is 1.62. The molecule has 4 aliphatic rings. The largest absolute Gasteiger partial charge is 0.299 e. The highest BCUT2D eigenvalue weighted by Crippen LogP contribution is 2.49. The van der Waals surface area contributed by atoms with Crippen LogP contribution in [0.4, 0.5) is 5.13 Å². The number of fused-ring (bicyclic) bond motifs is 1. The molecule has 1 N–H and O–H groups in total. The van der Waals surface area contributed by atoms with Crippen molar-refractivity contribution in [3.8, 4) is 0 Å². The maximum absolute atomic E-state index is 12.9. The van der Waals surface area contributed by atoms with Gasteiger partial charge in [0.15, 0.2) is 0 Å². The number of carbonyl (C=O) groups is 3. The Labute approximate surface area is 149 Å². The second-order valence-corrected chi connectivity index (χ2v) is 7.97. The van der Waals surface area contributed by atoms with E-state index < -0.39 is 11.9 Å². The molecule has 1 saturated heterocycles. The Morgan fingerprint density at radius 2 is 1.84 bits per heavy atom. The Balaban J connectivity index is 1.52. The van der Waals surface area contributed by atoms with E-state index >= 15 is 0 Å². The molecule has 5 rings (SSSR count). The molecule has 1 saturated carbocycles. The summed E-state index contributed by atoms with van der Waals surface area (Å²) >= 11 is 1.30. The summed E-state index contributed by atoms with van der Waals surface area (Å²) in [6, 6.07) is -0.848. The van der Waals surface area contributed by atoms with Crippen LogP contribution in [0.2, 0.25) is 0 Å². The van der Waals surface area contributed by atoms with Crippen LogP contribution in [0.25, 0.3) is 0 Å². The minimum atomic E-state index is -0.848. The number of aromatic nitrogens is 2. The van der Waals surface area contributed by atoms with Crippen LogP contribution in [0.5, 0.6) is 0 Å². The molecule has 3 amide bonds. The van der Waals surface area contributed by atoms with Crippen LogP contribution >= 0.6 is 11.3 Å². The summed E-state index contributed by atoms with van der Waals surface area (Å²) in [5, 5.41) is 11.8. The number of allylic oxidation sites excluding steroid dienone is 2. The third-order valence-electron chi connectivity index (χ3n) is 5.56. The molecular formula is C17H20N4O3S. The van der Waals surface area contributed by atoms with Crippen molar-refractivity contribution < 1.29 is 14.4 Å². The average Bonchev–Trinajstić information content (AvgIpc) is 3.19. The van der Waals surface area contributed by atoms with Gasteiger partial charge in [0.1, 0.15) is 11.0 Å². The molecule has 132 valence electrons. The van der Waals surface area contributed by atoms with Gasteiger partial charge in [-0.1, -0.05) is 30.4 Å². The van der Waals surface area contributed by atoms with E-state index in [1.807, 2.05) is 6.92 Å². The van der Waals surface area contributed by atoms with E-state index in [0.717, 1.165) is 24.3 Å². The van der Waals surface area contributed by atoms with E-state index in [-0.39, 0.29) is 35.5 Å². The van der Waals surface area contributed by atoms with Gasteiger partial charge in [-0.3, -0.25) is 24.6 Å². The Morgan fingerprint density at radius 1 is 1.24 bits per heavy atom. The lowest BCUT2D eigenvalue weighted by molar-refractivity contribution is -0.146. The number of amides is 3. The first kappa shape index (κ1) is 16.4. The highest BCUT2D eigenvalue weighted by molar-refractivity contribution is 7.15. The van der Waals surface area contributed by atoms with Crippen molar-refractivity contribution in [2.45, 2.75) is 39.2 Å². The zero-order chi connectivity index (χ0) is 17.7. The van der Waals surface area contributed by atoms with Crippen molar-refractivity contribution in [1.29, 1.82) is 0 Å². The van der Waals surface area contributed by atoms with Gasteiger partial charge in [-0.25, -0.2) is 0 Å². The normalized spacial score (nSPS) is 31.4. The van der Waals surface area contributed by atoms with Crippen LogP contribution < -0.4 is 5.32 Å². The topological polar surface area (TPSA) is 92.3 Å². The smallest absolute Gasteiger partial charge is 0.249 e. The molecule has 1 aromatic heterocycles. The zero-order valence-corrected chi connectivity index (χ0v) is 15.0. The monoisotopic (exact) mass is 360 g/mol. The lowest BCUT2D eigenvalue weighted by Gasteiger charge is -2.38. The lowest BCUT2D eigenvalue weighted by atomic mass is 9.63. The van der Waals surface area contributed by atoms with E-state index in [4.69, 9.17) is 0 Å². The van der Waals surface area contributed by atoms with Gasteiger partial charge in [0.2, 0.25) is 22.9 Å². The van der Waals surface area contributed by atoms with Crippen LogP contribution in [-0.4, -0.2) is 38.9 Å². The van der Waals surface area contributed by atoms with Crippen LogP contribution in [-0.2, 0) is 20.8 Å². The number of hydrogen-bond acceptors (Lipinski definition) is 6. The second-order valence-electron chi connectivity index (χ2n) is 6.91. The molecular weight excluding hydrogens is 340 g/mol. The minimum Gasteiger partial charge on any atom is -0.299 e. The predicted molar refractivity (Wildman–Crippen MR) is 91.6 cm³/mol. The number of carbonyl (C=O) groups excluding carboxylic acids is 3. The van der Waals surface area contributed by atoms with Gasteiger partial charge >= 0.3 is 0 Å². The molecule has 2 bridgehead atoms. The fraction of sp³-hybridized carbons (Fsp3) is 0.588. The number of aryl methyl sites for hydroxylation is 1. The first-order valence-electron chi connectivity index (χ1n) is 8.69. The van der Waals surface area contributed by atoms with Crippen molar-refractivity contribution >= 4 is 34.2 Å². The van der Waals surface area contributed by atoms with Gasteiger partial charge in [0.25, 0.3) is 0 Å². The molecule has 0 unspecified atom stereocenters. The average molecular weight is 360 g/mol. The van der Waals surface area contributed by atoms with Gasteiger partial charge in [-0.15, -0.1) is 10.2 Å². The molecule has 25 heavy (non-hydrogen) atoms. The van der Waals surface area contributed by atoms with Gasteiger partial charge in [-0.2, -0.15) is 0 Å². The summed E-state index contributed by atoms with van der Waals surface area (Å²) in [5.74, 6) is -1.14. The number of hydrogen-bond donors (Lipinski definition) is 1. The van der Waals surface area contributed by atoms with Crippen molar-refractivity contribution in [3.63, 3.8) is 0 Å². The van der Waals surface area contributed by atoms with Crippen LogP contribution in [0.15, 0.2) is 12.2 Å². The van der Waals surface area contributed by atoms with Crippen LogP contribution in [0, 0.1) is 23.7 Å². The molecule has 8 heteroatoms. The third kappa shape index (κ3) is 2.50. The maximum atomic E-state index is 12.9. The summed E-state index contributed by atoms with van der Waals surface area (Å²) in [7, 11) is 0. The first-order valence-corrected chi connectivity index (χ1v) is 9.51. The highest BCUT2D eigenvalue weighted by Gasteiger charge is 2.58. The van der Waals surface area contributed by atoms with E-state index in [9.17, 15) is 14.4 Å². The SMILES string of the molecule is CCc1nnc(NC(=O)[C@H](C)N2C(=O)[C@@H]3[C@@H](C2=O)[C@H]2C=C[C@H]3CC2)s1.